The SMILES string of the molecule is COc1cc(N)ccc1C(=O)OCc1ccncc1. The summed E-state index contributed by atoms with van der Waals surface area (Å²) < 4.78 is 10.3. The molecule has 5 heteroatoms. The molecule has 1 aromatic carbocycles. The molecule has 0 aliphatic heterocycles. The molecule has 98 valence electrons. The molecule has 0 aliphatic rings. The van der Waals surface area contributed by atoms with E-state index in [9.17, 15) is 4.79 Å². The molecule has 0 saturated heterocycles. The van der Waals surface area contributed by atoms with E-state index in [1.807, 2.05) is 0 Å². The smallest absolute Gasteiger partial charge is 0.342 e. The summed E-state index contributed by atoms with van der Waals surface area (Å²) in [5.74, 6) is -0.0478. The Labute approximate surface area is 111 Å². The van der Waals surface area contributed by atoms with Crippen LogP contribution in [0.5, 0.6) is 5.75 Å². The fourth-order valence-electron chi connectivity index (χ4n) is 1.58. The number of carbonyl (C=O) groups is 1. The van der Waals surface area contributed by atoms with Crippen LogP contribution in [0.1, 0.15) is 15.9 Å². The number of ether oxygens (including phenoxy) is 2. The van der Waals surface area contributed by atoms with Gasteiger partial charge < -0.3 is 15.2 Å². The standard InChI is InChI=1S/C14H14N2O3/c1-18-13-8-11(15)2-3-12(13)14(17)19-9-10-4-6-16-7-5-10/h2-8H,9,15H2,1H3. The van der Waals surface area contributed by atoms with Gasteiger partial charge >= 0.3 is 5.97 Å². The minimum absolute atomic E-state index is 0.189. The Morgan fingerprint density at radius 3 is 2.68 bits per heavy atom. The summed E-state index contributed by atoms with van der Waals surface area (Å²) in [6.07, 6.45) is 3.29. The molecule has 19 heavy (non-hydrogen) atoms. The normalized spacial score (nSPS) is 9.95. The Bertz CT molecular complexity index is 570. The number of nitrogen functional groups attached to an aromatic ring is 1. The Kier molecular flexibility index (Phi) is 3.97. The maximum Gasteiger partial charge on any atom is 0.342 e. The average molecular weight is 258 g/mol. The first kappa shape index (κ1) is 12.9. The van der Waals surface area contributed by atoms with E-state index in [1.165, 1.54) is 7.11 Å². The lowest BCUT2D eigenvalue weighted by Gasteiger charge is -2.09. The van der Waals surface area contributed by atoms with Gasteiger partial charge in [-0.2, -0.15) is 0 Å². The van der Waals surface area contributed by atoms with Crippen LogP contribution in [0.4, 0.5) is 5.69 Å². The molecule has 0 atom stereocenters. The van der Waals surface area contributed by atoms with Gasteiger partial charge in [0, 0.05) is 24.1 Å². The van der Waals surface area contributed by atoms with E-state index in [2.05, 4.69) is 4.98 Å². The highest BCUT2D eigenvalue weighted by atomic mass is 16.5. The molecule has 1 aromatic heterocycles. The van der Waals surface area contributed by atoms with Crippen molar-refractivity contribution in [1.29, 1.82) is 0 Å². The van der Waals surface area contributed by atoms with Crippen LogP contribution in [0.15, 0.2) is 42.7 Å². The Balaban J connectivity index is 2.08. The van der Waals surface area contributed by atoms with Crippen molar-refractivity contribution >= 4 is 11.7 Å². The number of hydrogen-bond acceptors (Lipinski definition) is 5. The van der Waals surface area contributed by atoms with E-state index in [4.69, 9.17) is 15.2 Å². The fraction of sp³-hybridized carbons (Fsp3) is 0.143. The highest BCUT2D eigenvalue weighted by Crippen LogP contribution is 2.22. The third-order valence-corrected chi connectivity index (χ3v) is 2.56. The van der Waals surface area contributed by atoms with Gasteiger partial charge in [0.1, 0.15) is 17.9 Å². The van der Waals surface area contributed by atoms with Crippen molar-refractivity contribution in [3.8, 4) is 5.75 Å². The van der Waals surface area contributed by atoms with E-state index in [-0.39, 0.29) is 6.61 Å². The molecule has 0 aliphatic carbocycles. The molecule has 0 amide bonds. The number of methoxy groups -OCH3 is 1. The van der Waals surface area contributed by atoms with E-state index in [1.54, 1.807) is 42.7 Å². The van der Waals surface area contributed by atoms with Crippen molar-refractivity contribution in [2.75, 3.05) is 12.8 Å². The van der Waals surface area contributed by atoms with Gasteiger partial charge in [0.05, 0.1) is 7.11 Å². The molecular weight excluding hydrogens is 244 g/mol. The van der Waals surface area contributed by atoms with Crippen molar-refractivity contribution in [2.24, 2.45) is 0 Å². The van der Waals surface area contributed by atoms with Crippen molar-refractivity contribution in [3.05, 3.63) is 53.9 Å². The molecule has 1 heterocycles. The molecule has 2 aromatic rings. The molecule has 0 bridgehead atoms. The summed E-state index contributed by atoms with van der Waals surface area (Å²) in [4.78, 5) is 15.8. The zero-order valence-corrected chi connectivity index (χ0v) is 10.5. The zero-order valence-electron chi connectivity index (χ0n) is 10.5. The molecule has 0 fully saturated rings. The first-order valence-electron chi connectivity index (χ1n) is 5.70. The predicted octanol–water partition coefficient (Wildman–Crippen LogP) is 2.03. The van der Waals surface area contributed by atoms with Crippen LogP contribution < -0.4 is 10.5 Å². The zero-order chi connectivity index (χ0) is 13.7. The molecule has 2 N–H and O–H groups in total. The monoisotopic (exact) mass is 258 g/mol. The Morgan fingerprint density at radius 1 is 1.26 bits per heavy atom. The number of esters is 1. The summed E-state index contributed by atoms with van der Waals surface area (Å²) in [5.41, 5.74) is 7.38. The number of nitrogens with zero attached hydrogens (tertiary/aromatic N) is 1. The number of benzene rings is 1. The summed E-state index contributed by atoms with van der Waals surface area (Å²) in [6, 6.07) is 8.37. The summed E-state index contributed by atoms with van der Waals surface area (Å²) in [6.45, 7) is 0.189. The maximum absolute atomic E-state index is 12.0. The maximum atomic E-state index is 12.0. The lowest BCUT2D eigenvalue weighted by molar-refractivity contribution is 0.0469. The van der Waals surface area contributed by atoms with E-state index in [0.29, 0.717) is 17.0 Å². The van der Waals surface area contributed by atoms with Gasteiger partial charge in [-0.3, -0.25) is 4.98 Å². The van der Waals surface area contributed by atoms with E-state index in [0.717, 1.165) is 5.56 Å². The van der Waals surface area contributed by atoms with Crippen LogP contribution in [-0.2, 0) is 11.3 Å². The van der Waals surface area contributed by atoms with Gasteiger partial charge in [-0.25, -0.2) is 4.79 Å². The molecule has 2 rings (SSSR count). The van der Waals surface area contributed by atoms with Gasteiger partial charge in [-0.1, -0.05) is 0 Å². The number of rotatable bonds is 4. The second-order valence-electron chi connectivity index (χ2n) is 3.89. The van der Waals surface area contributed by atoms with Gasteiger partial charge in [-0.05, 0) is 29.8 Å². The highest BCUT2D eigenvalue weighted by molar-refractivity contribution is 5.93. The molecular formula is C14H14N2O3. The topological polar surface area (TPSA) is 74.4 Å². The minimum Gasteiger partial charge on any atom is -0.496 e. The fourth-order valence-corrected chi connectivity index (χ4v) is 1.58. The second-order valence-corrected chi connectivity index (χ2v) is 3.89. The molecule has 5 nitrogen and oxygen atoms in total. The average Bonchev–Trinajstić information content (AvgIpc) is 2.45. The second kappa shape index (κ2) is 5.86. The molecule has 0 saturated carbocycles. The number of pyridine rings is 1. The predicted molar refractivity (Wildman–Crippen MR) is 70.8 cm³/mol. The lowest BCUT2D eigenvalue weighted by Crippen LogP contribution is -2.07. The van der Waals surface area contributed by atoms with Crippen molar-refractivity contribution in [3.63, 3.8) is 0 Å². The summed E-state index contributed by atoms with van der Waals surface area (Å²) in [7, 11) is 1.48. The molecule has 0 spiro atoms. The molecule has 0 unspecified atom stereocenters. The first-order valence-corrected chi connectivity index (χ1v) is 5.70. The third-order valence-electron chi connectivity index (χ3n) is 2.56. The Hall–Kier alpha value is -2.56. The van der Waals surface area contributed by atoms with Crippen LogP contribution in [0.3, 0.4) is 0 Å². The summed E-state index contributed by atoms with van der Waals surface area (Å²) in [5, 5.41) is 0. The molecule has 0 radical (unpaired) electrons. The van der Waals surface area contributed by atoms with Crippen LogP contribution in [0.2, 0.25) is 0 Å². The number of anilines is 1. The van der Waals surface area contributed by atoms with Crippen LogP contribution in [0, 0.1) is 0 Å². The number of carbonyl (C=O) groups excluding carboxylic acids is 1. The first-order chi connectivity index (χ1) is 9.20. The van der Waals surface area contributed by atoms with Crippen LogP contribution in [-0.4, -0.2) is 18.1 Å². The van der Waals surface area contributed by atoms with Gasteiger partial charge in [0.15, 0.2) is 0 Å². The van der Waals surface area contributed by atoms with Crippen molar-refractivity contribution in [2.45, 2.75) is 6.61 Å². The quantitative estimate of drug-likeness (QED) is 0.671. The number of hydrogen-bond donors (Lipinski definition) is 1. The highest BCUT2D eigenvalue weighted by Gasteiger charge is 2.13. The Morgan fingerprint density at radius 2 is 2.00 bits per heavy atom. The van der Waals surface area contributed by atoms with Crippen LogP contribution in [0.25, 0.3) is 0 Å². The van der Waals surface area contributed by atoms with Gasteiger partial charge in [0.2, 0.25) is 0 Å². The van der Waals surface area contributed by atoms with Gasteiger partial charge in [-0.15, -0.1) is 0 Å². The van der Waals surface area contributed by atoms with Crippen LogP contribution >= 0.6 is 0 Å². The summed E-state index contributed by atoms with van der Waals surface area (Å²) >= 11 is 0. The van der Waals surface area contributed by atoms with Gasteiger partial charge in [0.25, 0.3) is 0 Å². The lowest BCUT2D eigenvalue weighted by atomic mass is 10.2. The van der Waals surface area contributed by atoms with Crippen molar-refractivity contribution in [1.82, 2.24) is 4.98 Å². The third kappa shape index (κ3) is 3.22. The van der Waals surface area contributed by atoms with Crippen molar-refractivity contribution < 1.29 is 14.3 Å². The number of aromatic nitrogens is 1. The van der Waals surface area contributed by atoms with E-state index < -0.39 is 5.97 Å². The van der Waals surface area contributed by atoms with E-state index >= 15 is 0 Å². The minimum atomic E-state index is -0.450. The largest absolute Gasteiger partial charge is 0.496 e. The number of nitrogens with two attached hydrogens (primary N) is 1.